The minimum absolute atomic E-state index is 0.242. The Hall–Kier alpha value is -0.420. The number of thiophene rings is 1. The first kappa shape index (κ1) is 14.5. The molecule has 1 atom stereocenters. The van der Waals surface area contributed by atoms with Gasteiger partial charge in [-0.3, -0.25) is 0 Å². The van der Waals surface area contributed by atoms with E-state index in [1.807, 2.05) is 11.3 Å². The molecule has 1 saturated heterocycles. The fraction of sp³-hybridized carbons (Fsp3) is 0.750. The Morgan fingerprint density at radius 1 is 1.25 bits per heavy atom. The largest absolute Gasteiger partial charge is 0.348 e. The van der Waals surface area contributed by atoms with Crippen LogP contribution in [0.1, 0.15) is 50.4 Å². The molecule has 1 N–H and O–H groups in total. The first-order chi connectivity index (χ1) is 9.69. The zero-order chi connectivity index (χ0) is 14.0. The van der Waals surface area contributed by atoms with Crippen LogP contribution in [0.15, 0.2) is 17.5 Å². The highest BCUT2D eigenvalue weighted by Gasteiger charge is 2.40. The predicted octanol–water partition coefficient (Wildman–Crippen LogP) is 3.72. The second kappa shape index (κ2) is 6.14. The Balaban J connectivity index is 1.58. The van der Waals surface area contributed by atoms with Crippen LogP contribution in [-0.4, -0.2) is 25.0 Å². The summed E-state index contributed by atoms with van der Waals surface area (Å²) in [4.78, 5) is 1.45. The normalized spacial score (nSPS) is 24.6. The highest BCUT2D eigenvalue weighted by atomic mass is 32.1. The van der Waals surface area contributed by atoms with Crippen LogP contribution in [-0.2, 0) is 9.47 Å². The summed E-state index contributed by atoms with van der Waals surface area (Å²) in [7, 11) is 0. The molecule has 0 bridgehead atoms. The Morgan fingerprint density at radius 3 is 2.50 bits per heavy atom. The van der Waals surface area contributed by atoms with Gasteiger partial charge in [0.05, 0.1) is 13.2 Å². The van der Waals surface area contributed by atoms with Crippen LogP contribution in [0.5, 0.6) is 0 Å². The molecule has 1 aliphatic carbocycles. The van der Waals surface area contributed by atoms with Crippen molar-refractivity contribution in [1.29, 1.82) is 0 Å². The molecule has 0 amide bonds. The third kappa shape index (κ3) is 3.08. The van der Waals surface area contributed by atoms with Gasteiger partial charge in [-0.05, 0) is 30.2 Å². The Kier molecular flexibility index (Phi) is 4.46. The van der Waals surface area contributed by atoms with E-state index >= 15 is 0 Å². The van der Waals surface area contributed by atoms with Crippen molar-refractivity contribution in [2.24, 2.45) is 5.92 Å². The average Bonchev–Trinajstić information content (AvgIpc) is 3.10. The summed E-state index contributed by atoms with van der Waals surface area (Å²) in [6.45, 7) is 6.12. The zero-order valence-corrected chi connectivity index (χ0v) is 13.2. The molecular weight excluding hydrogens is 270 g/mol. The van der Waals surface area contributed by atoms with Crippen molar-refractivity contribution in [3.63, 3.8) is 0 Å². The maximum absolute atomic E-state index is 5.81. The molecule has 1 aromatic heterocycles. The lowest BCUT2D eigenvalue weighted by atomic mass is 9.88. The van der Waals surface area contributed by atoms with Gasteiger partial charge in [-0.25, -0.2) is 0 Å². The van der Waals surface area contributed by atoms with E-state index < -0.39 is 0 Å². The predicted molar refractivity (Wildman–Crippen MR) is 81.9 cm³/mol. The summed E-state index contributed by atoms with van der Waals surface area (Å²) in [6, 6.07) is 5.45. The average molecular weight is 295 g/mol. The molecule has 1 aliphatic heterocycles. The quantitative estimate of drug-likeness (QED) is 0.918. The van der Waals surface area contributed by atoms with Crippen molar-refractivity contribution in [3.8, 4) is 0 Å². The maximum atomic E-state index is 5.81. The van der Waals surface area contributed by atoms with E-state index in [0.29, 0.717) is 18.0 Å². The molecule has 1 spiro atoms. The monoisotopic (exact) mass is 295 g/mol. The van der Waals surface area contributed by atoms with Gasteiger partial charge in [0.15, 0.2) is 5.79 Å². The van der Waals surface area contributed by atoms with Crippen molar-refractivity contribution in [2.45, 2.75) is 57.4 Å². The molecule has 4 heteroatoms. The number of hydrogen-bond acceptors (Lipinski definition) is 4. The highest BCUT2D eigenvalue weighted by Crippen LogP contribution is 2.37. The highest BCUT2D eigenvalue weighted by molar-refractivity contribution is 7.10. The van der Waals surface area contributed by atoms with Gasteiger partial charge in [-0.1, -0.05) is 19.9 Å². The van der Waals surface area contributed by atoms with Crippen LogP contribution in [0.4, 0.5) is 0 Å². The third-order valence-electron chi connectivity index (χ3n) is 4.49. The maximum Gasteiger partial charge on any atom is 0.168 e. The summed E-state index contributed by atoms with van der Waals surface area (Å²) < 4.78 is 11.6. The third-order valence-corrected chi connectivity index (χ3v) is 5.45. The van der Waals surface area contributed by atoms with E-state index in [-0.39, 0.29) is 5.79 Å². The lowest BCUT2D eigenvalue weighted by Crippen LogP contribution is -2.43. The SMILES string of the molecule is CC(C)C(NC1CCC2(CC1)OCCO2)c1cccs1. The fourth-order valence-corrected chi connectivity index (χ4v) is 4.29. The van der Waals surface area contributed by atoms with Gasteiger partial charge < -0.3 is 14.8 Å². The standard InChI is InChI=1S/C16H25NO2S/c1-12(2)15(14-4-3-11-20-14)17-13-5-7-16(8-6-13)18-9-10-19-16/h3-4,11-13,15,17H,5-10H2,1-2H3. The topological polar surface area (TPSA) is 30.5 Å². The molecule has 0 radical (unpaired) electrons. The van der Waals surface area contributed by atoms with Gasteiger partial charge in [-0.15, -0.1) is 11.3 Å². The van der Waals surface area contributed by atoms with Crippen molar-refractivity contribution in [2.75, 3.05) is 13.2 Å². The molecule has 1 saturated carbocycles. The molecule has 2 heterocycles. The molecule has 112 valence electrons. The summed E-state index contributed by atoms with van der Waals surface area (Å²) in [6.07, 6.45) is 4.35. The number of rotatable bonds is 4. The summed E-state index contributed by atoms with van der Waals surface area (Å²) in [5.41, 5.74) is 0. The van der Waals surface area contributed by atoms with Crippen LogP contribution in [0.2, 0.25) is 0 Å². The lowest BCUT2D eigenvalue weighted by Gasteiger charge is -2.37. The van der Waals surface area contributed by atoms with Crippen LogP contribution in [0.3, 0.4) is 0 Å². The van der Waals surface area contributed by atoms with Gasteiger partial charge in [0, 0.05) is 29.8 Å². The van der Waals surface area contributed by atoms with E-state index in [1.165, 1.54) is 4.88 Å². The van der Waals surface area contributed by atoms with Crippen LogP contribution in [0, 0.1) is 5.92 Å². The molecule has 1 aromatic rings. The van der Waals surface area contributed by atoms with Gasteiger partial charge in [0.2, 0.25) is 0 Å². The zero-order valence-electron chi connectivity index (χ0n) is 12.4. The van der Waals surface area contributed by atoms with E-state index in [9.17, 15) is 0 Å². The number of hydrogen-bond donors (Lipinski definition) is 1. The molecule has 1 unspecified atom stereocenters. The second-order valence-corrected chi connectivity index (χ2v) is 7.26. The molecule has 3 nitrogen and oxygen atoms in total. The van der Waals surface area contributed by atoms with Crippen LogP contribution < -0.4 is 5.32 Å². The lowest BCUT2D eigenvalue weighted by molar-refractivity contribution is -0.179. The van der Waals surface area contributed by atoms with Crippen molar-refractivity contribution >= 4 is 11.3 Å². The van der Waals surface area contributed by atoms with E-state index in [0.717, 1.165) is 38.9 Å². The molecule has 2 fully saturated rings. The molecule has 3 rings (SSSR count). The smallest absolute Gasteiger partial charge is 0.168 e. The van der Waals surface area contributed by atoms with Crippen molar-refractivity contribution < 1.29 is 9.47 Å². The van der Waals surface area contributed by atoms with E-state index in [2.05, 4.69) is 36.7 Å². The van der Waals surface area contributed by atoms with Crippen molar-refractivity contribution in [3.05, 3.63) is 22.4 Å². The fourth-order valence-electron chi connectivity index (χ4n) is 3.34. The Morgan fingerprint density at radius 2 is 1.95 bits per heavy atom. The molecule has 2 aliphatic rings. The van der Waals surface area contributed by atoms with Gasteiger partial charge >= 0.3 is 0 Å². The first-order valence-electron chi connectivity index (χ1n) is 7.76. The van der Waals surface area contributed by atoms with Gasteiger partial charge in [0.1, 0.15) is 0 Å². The Labute approximate surface area is 125 Å². The van der Waals surface area contributed by atoms with E-state index in [1.54, 1.807) is 0 Å². The minimum atomic E-state index is -0.242. The number of ether oxygens (including phenoxy) is 2. The Bertz CT molecular complexity index is 402. The molecule has 20 heavy (non-hydrogen) atoms. The molecule has 0 aromatic carbocycles. The first-order valence-corrected chi connectivity index (χ1v) is 8.64. The van der Waals surface area contributed by atoms with E-state index in [4.69, 9.17) is 9.47 Å². The summed E-state index contributed by atoms with van der Waals surface area (Å²) in [5, 5.41) is 6.03. The van der Waals surface area contributed by atoms with Crippen LogP contribution >= 0.6 is 11.3 Å². The summed E-state index contributed by atoms with van der Waals surface area (Å²) >= 11 is 1.85. The van der Waals surface area contributed by atoms with Gasteiger partial charge in [-0.2, -0.15) is 0 Å². The van der Waals surface area contributed by atoms with Gasteiger partial charge in [0.25, 0.3) is 0 Å². The number of nitrogens with one attached hydrogen (secondary N) is 1. The minimum Gasteiger partial charge on any atom is -0.348 e. The second-order valence-electron chi connectivity index (χ2n) is 6.29. The van der Waals surface area contributed by atoms with Crippen LogP contribution in [0.25, 0.3) is 0 Å². The summed E-state index contributed by atoms with van der Waals surface area (Å²) in [5.74, 6) is 0.373. The van der Waals surface area contributed by atoms with Crippen molar-refractivity contribution in [1.82, 2.24) is 5.32 Å². The molecular formula is C16H25NO2S.